The first-order chi connectivity index (χ1) is 14.6. The maximum atomic E-state index is 12.8. The van der Waals surface area contributed by atoms with Crippen LogP contribution in [0.25, 0.3) is 11.1 Å². The topological polar surface area (TPSA) is 68.2 Å². The van der Waals surface area contributed by atoms with Crippen molar-refractivity contribution in [2.24, 2.45) is 5.41 Å². The number of anilines is 1. The molecule has 0 spiro atoms. The van der Waals surface area contributed by atoms with E-state index in [0.717, 1.165) is 49.3 Å². The highest BCUT2D eigenvalue weighted by molar-refractivity contribution is 5.84. The molecular formula is C25H30N4O. The van der Waals surface area contributed by atoms with E-state index in [0.29, 0.717) is 0 Å². The zero-order chi connectivity index (χ0) is 21.0. The maximum Gasteiger partial charge on any atom is 0.228 e. The Bertz CT molecular complexity index is 921. The molecule has 0 bridgehead atoms. The molecule has 30 heavy (non-hydrogen) atoms. The van der Waals surface area contributed by atoms with Crippen molar-refractivity contribution in [3.63, 3.8) is 0 Å². The van der Waals surface area contributed by atoms with Gasteiger partial charge in [0.25, 0.3) is 0 Å². The van der Waals surface area contributed by atoms with Gasteiger partial charge >= 0.3 is 0 Å². The van der Waals surface area contributed by atoms with Gasteiger partial charge in [0.05, 0.1) is 12.0 Å². The molecule has 1 unspecified atom stereocenters. The SMILES string of the molecule is CC1(CC(C(=O)NCC#N)c2cccc(-c3ccc(N4CCNCC4)cc3)c2)CC1. The monoisotopic (exact) mass is 402 g/mol. The quantitative estimate of drug-likeness (QED) is 0.694. The minimum absolute atomic E-state index is 0.0455. The Labute approximate surface area is 179 Å². The minimum atomic E-state index is -0.217. The summed E-state index contributed by atoms with van der Waals surface area (Å²) in [5.41, 5.74) is 4.81. The van der Waals surface area contributed by atoms with E-state index in [9.17, 15) is 4.79 Å². The fraction of sp³-hybridized carbons (Fsp3) is 0.440. The second-order valence-corrected chi connectivity index (χ2v) is 8.85. The highest BCUT2D eigenvalue weighted by Gasteiger charge is 2.41. The first-order valence-electron chi connectivity index (χ1n) is 10.9. The largest absolute Gasteiger partial charge is 0.369 e. The number of rotatable bonds is 7. The van der Waals surface area contributed by atoms with Crippen LogP contribution in [-0.2, 0) is 4.79 Å². The Kier molecular flexibility index (Phi) is 6.06. The van der Waals surface area contributed by atoms with Crippen LogP contribution < -0.4 is 15.5 Å². The zero-order valence-electron chi connectivity index (χ0n) is 17.7. The predicted octanol–water partition coefficient (Wildman–Crippen LogP) is 3.68. The lowest BCUT2D eigenvalue weighted by Crippen LogP contribution is -2.43. The van der Waals surface area contributed by atoms with E-state index in [1.807, 2.05) is 18.2 Å². The second kappa shape index (κ2) is 8.89. The lowest BCUT2D eigenvalue weighted by atomic mass is 9.86. The van der Waals surface area contributed by atoms with Gasteiger partial charge in [-0.05, 0) is 53.5 Å². The summed E-state index contributed by atoms with van der Waals surface area (Å²) in [4.78, 5) is 15.2. The Balaban J connectivity index is 1.55. The Hall–Kier alpha value is -2.84. The van der Waals surface area contributed by atoms with Crippen LogP contribution in [0.3, 0.4) is 0 Å². The molecule has 1 aliphatic heterocycles. The Morgan fingerprint density at radius 2 is 1.90 bits per heavy atom. The molecule has 1 amide bonds. The van der Waals surface area contributed by atoms with Gasteiger partial charge in [0.15, 0.2) is 0 Å². The maximum absolute atomic E-state index is 12.8. The minimum Gasteiger partial charge on any atom is -0.369 e. The summed E-state index contributed by atoms with van der Waals surface area (Å²) in [7, 11) is 0. The molecule has 2 aromatic rings. The standard InChI is InChI=1S/C25H30N4O/c1-25(9-10-25)18-23(24(30)28-12-11-26)21-4-2-3-20(17-21)19-5-7-22(8-6-19)29-15-13-27-14-16-29/h2-8,17,23,27H,9-10,12-16,18H2,1H3,(H,28,30). The first-order valence-corrected chi connectivity index (χ1v) is 10.9. The summed E-state index contributed by atoms with van der Waals surface area (Å²) in [5, 5.41) is 15.0. The number of amides is 1. The second-order valence-electron chi connectivity index (χ2n) is 8.85. The average molecular weight is 403 g/mol. The van der Waals surface area contributed by atoms with Gasteiger partial charge in [0.2, 0.25) is 5.91 Å². The number of benzene rings is 2. The first kappa shape index (κ1) is 20.4. The normalized spacial score (nSPS) is 18.3. The van der Waals surface area contributed by atoms with Crippen molar-refractivity contribution in [3.8, 4) is 17.2 Å². The van der Waals surface area contributed by atoms with Gasteiger partial charge in [0, 0.05) is 31.9 Å². The molecule has 0 radical (unpaired) electrons. The van der Waals surface area contributed by atoms with Crippen molar-refractivity contribution in [2.75, 3.05) is 37.6 Å². The summed E-state index contributed by atoms with van der Waals surface area (Å²) in [6.07, 6.45) is 3.17. The molecule has 0 aromatic heterocycles. The number of carbonyl (C=O) groups is 1. The molecule has 2 aromatic carbocycles. The molecule has 156 valence electrons. The summed E-state index contributed by atoms with van der Waals surface area (Å²) in [6, 6.07) is 19.1. The van der Waals surface area contributed by atoms with Gasteiger partial charge in [-0.2, -0.15) is 5.26 Å². The Morgan fingerprint density at radius 1 is 1.17 bits per heavy atom. The lowest BCUT2D eigenvalue weighted by Gasteiger charge is -2.29. The molecule has 5 heteroatoms. The van der Waals surface area contributed by atoms with E-state index in [2.05, 4.69) is 58.9 Å². The third-order valence-electron chi connectivity index (χ3n) is 6.43. The van der Waals surface area contributed by atoms with Crippen LogP contribution in [0.1, 0.15) is 37.7 Å². The predicted molar refractivity (Wildman–Crippen MR) is 120 cm³/mol. The van der Waals surface area contributed by atoms with Crippen molar-refractivity contribution in [1.29, 1.82) is 5.26 Å². The molecule has 1 saturated heterocycles. The number of hydrogen-bond acceptors (Lipinski definition) is 4. The number of nitriles is 1. The molecule has 5 nitrogen and oxygen atoms in total. The van der Waals surface area contributed by atoms with Gasteiger partial charge in [0.1, 0.15) is 6.54 Å². The van der Waals surface area contributed by atoms with E-state index < -0.39 is 0 Å². The average Bonchev–Trinajstić information content (AvgIpc) is 3.53. The van der Waals surface area contributed by atoms with Gasteiger partial charge in [-0.3, -0.25) is 4.79 Å². The number of piperazine rings is 1. The van der Waals surface area contributed by atoms with Crippen LogP contribution in [-0.4, -0.2) is 38.6 Å². The highest BCUT2D eigenvalue weighted by atomic mass is 16.1. The molecule has 1 aliphatic carbocycles. The number of carbonyl (C=O) groups excluding carboxylic acids is 1. The van der Waals surface area contributed by atoms with Crippen molar-refractivity contribution in [2.45, 2.75) is 32.1 Å². The van der Waals surface area contributed by atoms with E-state index in [4.69, 9.17) is 5.26 Å². The van der Waals surface area contributed by atoms with E-state index >= 15 is 0 Å². The van der Waals surface area contributed by atoms with Crippen LogP contribution in [0.5, 0.6) is 0 Å². The van der Waals surface area contributed by atoms with Crippen LogP contribution in [0.15, 0.2) is 48.5 Å². The highest BCUT2D eigenvalue weighted by Crippen LogP contribution is 2.51. The van der Waals surface area contributed by atoms with E-state index in [-0.39, 0.29) is 23.8 Å². The molecule has 1 saturated carbocycles. The van der Waals surface area contributed by atoms with Gasteiger partial charge < -0.3 is 15.5 Å². The van der Waals surface area contributed by atoms with E-state index in [1.54, 1.807) is 0 Å². The van der Waals surface area contributed by atoms with Crippen molar-refractivity contribution < 1.29 is 4.79 Å². The molecule has 1 atom stereocenters. The summed E-state index contributed by atoms with van der Waals surface area (Å²) >= 11 is 0. The summed E-state index contributed by atoms with van der Waals surface area (Å²) < 4.78 is 0. The molecule has 2 fully saturated rings. The fourth-order valence-electron chi connectivity index (χ4n) is 4.24. The summed E-state index contributed by atoms with van der Waals surface area (Å²) in [6.45, 7) is 6.42. The zero-order valence-corrected chi connectivity index (χ0v) is 17.7. The van der Waals surface area contributed by atoms with Crippen LogP contribution in [0.2, 0.25) is 0 Å². The lowest BCUT2D eigenvalue weighted by molar-refractivity contribution is -0.122. The molecule has 2 aliphatic rings. The molecular weight excluding hydrogens is 372 g/mol. The van der Waals surface area contributed by atoms with Crippen molar-refractivity contribution >= 4 is 11.6 Å². The van der Waals surface area contributed by atoms with Gasteiger partial charge in [-0.15, -0.1) is 0 Å². The van der Waals surface area contributed by atoms with Crippen LogP contribution in [0.4, 0.5) is 5.69 Å². The fourth-order valence-corrected chi connectivity index (χ4v) is 4.24. The van der Waals surface area contributed by atoms with Crippen LogP contribution in [0, 0.1) is 16.7 Å². The number of nitrogens with zero attached hydrogens (tertiary/aromatic N) is 2. The Morgan fingerprint density at radius 3 is 2.57 bits per heavy atom. The molecule has 1 heterocycles. The van der Waals surface area contributed by atoms with Gasteiger partial charge in [-0.1, -0.05) is 43.3 Å². The third-order valence-corrected chi connectivity index (χ3v) is 6.43. The molecule has 2 N–H and O–H groups in total. The smallest absolute Gasteiger partial charge is 0.228 e. The van der Waals surface area contributed by atoms with E-state index in [1.165, 1.54) is 18.5 Å². The third kappa shape index (κ3) is 4.83. The van der Waals surface area contributed by atoms with Crippen LogP contribution >= 0.6 is 0 Å². The number of hydrogen-bond donors (Lipinski definition) is 2. The van der Waals surface area contributed by atoms with Crippen molar-refractivity contribution in [3.05, 3.63) is 54.1 Å². The number of nitrogens with one attached hydrogen (secondary N) is 2. The molecule has 4 rings (SSSR count). The van der Waals surface area contributed by atoms with Gasteiger partial charge in [-0.25, -0.2) is 0 Å². The summed E-state index contributed by atoms with van der Waals surface area (Å²) in [5.74, 6) is -0.262. The van der Waals surface area contributed by atoms with Crippen molar-refractivity contribution in [1.82, 2.24) is 10.6 Å².